The Labute approximate surface area is 584 Å². The minimum atomic E-state index is -0.0528. The molecular formula is C80H144N8O8. The summed E-state index contributed by atoms with van der Waals surface area (Å²) in [4.78, 5) is 0. The summed E-state index contributed by atoms with van der Waals surface area (Å²) in [5, 5.41) is 37.4. The third-order valence-electron chi connectivity index (χ3n) is 28.2. The molecular weight excluding hydrogens is 1200 g/mol. The third-order valence-corrected chi connectivity index (χ3v) is 28.2. The Balaban J connectivity index is 0.970. The Bertz CT molecular complexity index is 2130. The second kappa shape index (κ2) is 35.9. The van der Waals surface area contributed by atoms with Crippen LogP contribution in [0.4, 0.5) is 0 Å². The highest BCUT2D eigenvalue weighted by Gasteiger charge is 2.67. The van der Waals surface area contributed by atoms with E-state index in [1.165, 1.54) is 77.0 Å². The van der Waals surface area contributed by atoms with Gasteiger partial charge in [0, 0.05) is 88.4 Å². The van der Waals surface area contributed by atoms with Gasteiger partial charge in [-0.2, -0.15) is 0 Å². The molecule has 13 fully saturated rings. The van der Waals surface area contributed by atoms with E-state index < -0.39 is 0 Å². The van der Waals surface area contributed by atoms with Gasteiger partial charge in [0.2, 0.25) is 0 Å². The fraction of sp³-hybridized carbons (Fsp3) is 1.00. The van der Waals surface area contributed by atoms with Crippen molar-refractivity contribution in [3.8, 4) is 0 Å². The van der Waals surface area contributed by atoms with Crippen molar-refractivity contribution in [2.24, 2.45) is 94.7 Å². The van der Waals surface area contributed by atoms with E-state index >= 15 is 0 Å². The summed E-state index contributed by atoms with van der Waals surface area (Å²) in [6.07, 6.45) is 38.3. The second-order valence-corrected chi connectivity index (χ2v) is 33.8. The van der Waals surface area contributed by atoms with Crippen LogP contribution in [0.2, 0.25) is 0 Å². The first-order valence-corrected chi connectivity index (χ1v) is 42.4. The van der Waals surface area contributed by atoms with Gasteiger partial charge in [-0.3, -0.25) is 42.5 Å². The molecule has 0 spiro atoms. The second-order valence-electron chi connectivity index (χ2n) is 33.8. The van der Waals surface area contributed by atoms with Crippen molar-refractivity contribution in [3.05, 3.63) is 0 Å². The lowest BCUT2D eigenvalue weighted by atomic mass is 9.59. The van der Waals surface area contributed by atoms with Gasteiger partial charge in [0.1, 0.15) is 0 Å². The molecule has 16 nitrogen and oxygen atoms in total. The lowest BCUT2D eigenvalue weighted by molar-refractivity contribution is -0.179. The zero-order valence-electron chi connectivity index (χ0n) is 62.0. The molecule has 13 aliphatic rings. The van der Waals surface area contributed by atoms with Crippen molar-refractivity contribution in [2.75, 3.05) is 52.9 Å². The van der Waals surface area contributed by atoms with Crippen molar-refractivity contribution < 1.29 is 37.9 Å². The van der Waals surface area contributed by atoms with Gasteiger partial charge in [-0.25, -0.2) is 0 Å². The first-order chi connectivity index (χ1) is 47.4. The van der Waals surface area contributed by atoms with E-state index in [0.29, 0.717) is 59.2 Å². The molecule has 0 aromatic rings. The predicted molar refractivity (Wildman–Crippen MR) is 382 cm³/mol. The Kier molecular flexibility index (Phi) is 27.5. The SMILES string of the molecule is CCCCOC1CCC(OCCCC)C2CC3C4NC(NC5NC(NC6NC(NC7NC(N4)C4C(OCCCC)C8CCCCC8C(OCCCC)C74)C4C(OCCCC)C7CCCCC7C(OCCCC)C64)C4C(OCCCC)C6CCCCC6C(OCCCC)C54)C3CC12. The van der Waals surface area contributed by atoms with E-state index in [-0.39, 0.29) is 134 Å². The van der Waals surface area contributed by atoms with Gasteiger partial charge in [-0.05, 0) is 175 Å². The molecule has 0 amide bonds. The molecule has 552 valence electrons. The number of ether oxygens (including phenoxy) is 8. The fourth-order valence-electron chi connectivity index (χ4n) is 23.7. The molecule has 8 N–H and O–H groups in total. The molecule has 96 heavy (non-hydrogen) atoms. The van der Waals surface area contributed by atoms with Crippen LogP contribution in [0, 0.1) is 94.7 Å². The number of nitrogens with one attached hydrogen (secondary N) is 8. The van der Waals surface area contributed by atoms with Crippen LogP contribution in [0.1, 0.15) is 261 Å². The molecule has 32 atom stereocenters. The van der Waals surface area contributed by atoms with Crippen molar-refractivity contribution >= 4 is 0 Å². The summed E-state index contributed by atoms with van der Waals surface area (Å²) < 4.78 is 60.3. The van der Waals surface area contributed by atoms with E-state index in [4.69, 9.17) is 59.2 Å². The number of fused-ring (bicyclic) bond motifs is 24. The summed E-state index contributed by atoms with van der Waals surface area (Å²) in [7, 11) is 0. The molecule has 8 aliphatic carbocycles. The maximum Gasteiger partial charge on any atom is 0.0667 e. The molecule has 5 heterocycles. The highest BCUT2D eigenvalue weighted by Crippen LogP contribution is 2.58. The Hall–Kier alpha value is -0.640. The molecule has 5 saturated heterocycles. The van der Waals surface area contributed by atoms with Gasteiger partial charge >= 0.3 is 0 Å². The van der Waals surface area contributed by atoms with Crippen LogP contribution in [0.5, 0.6) is 0 Å². The quantitative estimate of drug-likeness (QED) is 0.0299. The zero-order valence-corrected chi connectivity index (χ0v) is 62.0. The highest BCUT2D eigenvalue weighted by atomic mass is 16.5. The average molecular weight is 1350 g/mol. The molecule has 5 aliphatic heterocycles. The third kappa shape index (κ3) is 15.7. The molecule has 0 aromatic carbocycles. The number of rotatable bonds is 32. The minimum Gasteiger partial charge on any atom is -0.378 e. The summed E-state index contributed by atoms with van der Waals surface area (Å²) in [6, 6.07) is 0. The van der Waals surface area contributed by atoms with Gasteiger partial charge in [0.15, 0.2) is 0 Å². The van der Waals surface area contributed by atoms with Gasteiger partial charge in [-0.1, -0.05) is 145 Å². The minimum absolute atomic E-state index is 0.0193. The normalized spacial score (nSPS) is 46.2. The van der Waals surface area contributed by atoms with E-state index in [2.05, 4.69) is 76.7 Å². The first kappa shape index (κ1) is 73.7. The van der Waals surface area contributed by atoms with Crippen molar-refractivity contribution in [1.82, 2.24) is 42.5 Å². The molecule has 0 radical (unpaired) electrons. The van der Waals surface area contributed by atoms with Crippen LogP contribution in [0.25, 0.3) is 0 Å². The van der Waals surface area contributed by atoms with E-state index in [1.54, 1.807) is 0 Å². The van der Waals surface area contributed by atoms with E-state index in [0.717, 1.165) is 181 Å². The first-order valence-electron chi connectivity index (χ1n) is 42.4. The van der Waals surface area contributed by atoms with Gasteiger partial charge < -0.3 is 37.9 Å². The summed E-state index contributed by atoms with van der Waals surface area (Å²) in [5.41, 5.74) is 0. The summed E-state index contributed by atoms with van der Waals surface area (Å²) in [5.74, 6) is 5.45. The molecule has 0 aromatic heterocycles. The average Bonchev–Trinajstić information content (AvgIpc) is 1.55. The predicted octanol–water partition coefficient (Wildman–Crippen LogP) is 13.1. The van der Waals surface area contributed by atoms with Crippen LogP contribution in [0.3, 0.4) is 0 Å². The summed E-state index contributed by atoms with van der Waals surface area (Å²) >= 11 is 0. The zero-order chi connectivity index (χ0) is 66.1. The van der Waals surface area contributed by atoms with Crippen LogP contribution in [-0.4, -0.2) is 151 Å². The monoisotopic (exact) mass is 1350 g/mol. The molecule has 16 heteroatoms. The maximum absolute atomic E-state index is 7.67. The van der Waals surface area contributed by atoms with E-state index in [1.807, 2.05) is 0 Å². The maximum atomic E-state index is 7.67. The van der Waals surface area contributed by atoms with Gasteiger partial charge in [0.05, 0.1) is 98.2 Å². The topological polar surface area (TPSA) is 170 Å². The van der Waals surface area contributed by atoms with Crippen LogP contribution in [-0.2, 0) is 37.9 Å². The standard InChI is InChI=1S/C80H144N8O8/c1-9-17-39-89-59-37-38-60(90-40-18-10-2)56-48-58-57(47-55(56)59)73-81-74(58)83-76-62-64(70(94-44-22-14-6)52-34-28-26-32-50(52)68(62)92-42-20-12-4)78(85-76)87-80-66-65(71(95-45-23-15-7)53-35-29-30-36-54(53)72(66)96-46-24-16-8)79(88-80)86-77-63-61(75(82-73)84-77)67(91-41-19-11-3)49-31-25-27-33-51(49)69(63)93-43-21-13-5/h49-88H,9-48H2,1-8H3. The Morgan fingerprint density at radius 3 is 0.604 bits per heavy atom. The molecule has 13 rings (SSSR count). The van der Waals surface area contributed by atoms with Crippen molar-refractivity contribution in [1.29, 1.82) is 0 Å². The molecule has 32 unspecified atom stereocenters. The lowest BCUT2D eigenvalue weighted by Gasteiger charge is -2.54. The van der Waals surface area contributed by atoms with Crippen LogP contribution < -0.4 is 42.5 Å². The van der Waals surface area contributed by atoms with Crippen molar-refractivity contribution in [3.63, 3.8) is 0 Å². The molecule has 8 bridgehead atoms. The van der Waals surface area contributed by atoms with Crippen LogP contribution in [0.15, 0.2) is 0 Å². The fourth-order valence-corrected chi connectivity index (χ4v) is 23.7. The van der Waals surface area contributed by atoms with Crippen molar-refractivity contribution in [2.45, 2.75) is 359 Å². The van der Waals surface area contributed by atoms with Gasteiger partial charge in [-0.15, -0.1) is 0 Å². The Morgan fingerprint density at radius 1 is 0.208 bits per heavy atom. The number of unbranched alkanes of at least 4 members (excludes halogenated alkanes) is 8. The largest absolute Gasteiger partial charge is 0.378 e. The molecule has 8 saturated carbocycles. The summed E-state index contributed by atoms with van der Waals surface area (Å²) in [6.45, 7) is 25.2. The smallest absolute Gasteiger partial charge is 0.0667 e. The lowest BCUT2D eigenvalue weighted by Crippen LogP contribution is -2.63. The van der Waals surface area contributed by atoms with Gasteiger partial charge in [0.25, 0.3) is 0 Å². The van der Waals surface area contributed by atoms with Crippen LogP contribution >= 0.6 is 0 Å². The highest BCUT2D eigenvalue weighted by molar-refractivity contribution is 5.19. The number of hydrogen-bond donors (Lipinski definition) is 8. The van der Waals surface area contributed by atoms with E-state index in [9.17, 15) is 0 Å². The Morgan fingerprint density at radius 2 is 0.396 bits per heavy atom. The number of hydrogen-bond acceptors (Lipinski definition) is 16.